The van der Waals surface area contributed by atoms with Gasteiger partial charge < -0.3 is 0 Å². The number of hydrogen-bond donors (Lipinski definition) is 0. The molecule has 0 aliphatic carbocycles. The quantitative estimate of drug-likeness (QED) is 0.0708. The third-order valence-electron chi connectivity index (χ3n) is 5.59. The van der Waals surface area contributed by atoms with Crippen LogP contribution in [0.2, 0.25) is 0 Å². The molecule has 0 spiro atoms. The summed E-state index contributed by atoms with van der Waals surface area (Å²) in [7, 11) is 0. The van der Waals surface area contributed by atoms with Crippen LogP contribution in [0.4, 0.5) is 0 Å². The molecule has 0 saturated carbocycles. The van der Waals surface area contributed by atoms with Crippen molar-refractivity contribution < 1.29 is 19.2 Å². The zero-order valence-electron chi connectivity index (χ0n) is 20.7. The molecule has 0 amide bonds. The molecule has 0 aliphatic rings. The summed E-state index contributed by atoms with van der Waals surface area (Å²) >= 11 is 0. The van der Waals surface area contributed by atoms with Gasteiger partial charge in [-0.2, -0.15) is 0 Å². The van der Waals surface area contributed by atoms with Crippen LogP contribution in [0, 0.1) is 0 Å². The number of carbonyl (C=O) groups excluding carboxylic acids is 4. The largest absolute Gasteiger partial charge is 0.300 e. The Balaban J connectivity index is 3.54. The van der Waals surface area contributed by atoms with Crippen LogP contribution in [0.25, 0.3) is 0 Å². The second-order valence-electron chi connectivity index (χ2n) is 8.78. The molecule has 0 saturated heterocycles. The molecule has 0 fully saturated rings. The van der Waals surface area contributed by atoms with Crippen molar-refractivity contribution in [3.8, 4) is 0 Å². The van der Waals surface area contributed by atoms with Crippen molar-refractivity contribution in [1.29, 1.82) is 0 Å². The van der Waals surface area contributed by atoms with Gasteiger partial charge in [0.25, 0.3) is 0 Å². The third kappa shape index (κ3) is 21.4. The molecule has 32 heavy (non-hydrogen) atoms. The lowest BCUT2D eigenvalue weighted by molar-refractivity contribution is -0.135. The van der Waals surface area contributed by atoms with Gasteiger partial charge >= 0.3 is 0 Å². The van der Waals surface area contributed by atoms with E-state index in [2.05, 4.69) is 13.0 Å². The van der Waals surface area contributed by atoms with E-state index in [1.54, 1.807) is 6.08 Å². The van der Waals surface area contributed by atoms with Gasteiger partial charge in [0.05, 0.1) is 0 Å². The highest BCUT2D eigenvalue weighted by Crippen LogP contribution is 2.10. The zero-order valence-corrected chi connectivity index (χ0v) is 20.7. The highest BCUT2D eigenvalue weighted by atomic mass is 16.2. The molecule has 0 bridgehead atoms. The molecule has 0 heterocycles. The van der Waals surface area contributed by atoms with Gasteiger partial charge in [-0.05, 0) is 44.6 Å². The topological polar surface area (TPSA) is 68.3 Å². The fourth-order valence-electron chi connectivity index (χ4n) is 3.50. The highest BCUT2D eigenvalue weighted by Gasteiger charge is 2.07. The molecule has 0 aliphatic heterocycles. The zero-order chi connectivity index (χ0) is 23.9. The maximum absolute atomic E-state index is 11.9. The van der Waals surface area contributed by atoms with Crippen molar-refractivity contribution >= 4 is 23.1 Å². The molecule has 4 nitrogen and oxygen atoms in total. The van der Waals surface area contributed by atoms with Crippen LogP contribution in [0.3, 0.4) is 0 Å². The smallest absolute Gasteiger partial charge is 0.198 e. The molecule has 0 aromatic rings. The van der Waals surface area contributed by atoms with Gasteiger partial charge in [0, 0.05) is 32.6 Å². The predicted octanol–water partition coefficient (Wildman–Crippen LogP) is 7.44. The fourth-order valence-corrected chi connectivity index (χ4v) is 3.50. The number of allylic oxidation sites excluding steroid dienone is 4. The summed E-state index contributed by atoms with van der Waals surface area (Å²) in [5.74, 6) is -0.286. The Morgan fingerprint density at radius 1 is 0.594 bits per heavy atom. The van der Waals surface area contributed by atoms with Gasteiger partial charge in [0.2, 0.25) is 0 Å². The van der Waals surface area contributed by atoms with Gasteiger partial charge in [-0.25, -0.2) is 0 Å². The first-order chi connectivity index (χ1) is 15.5. The van der Waals surface area contributed by atoms with Gasteiger partial charge in [0.15, 0.2) is 17.3 Å². The van der Waals surface area contributed by atoms with Gasteiger partial charge in [-0.3, -0.25) is 19.2 Å². The Labute approximate surface area is 196 Å². The van der Waals surface area contributed by atoms with Gasteiger partial charge in [-0.15, -0.1) is 0 Å². The second kappa shape index (κ2) is 22.4. The van der Waals surface area contributed by atoms with Gasteiger partial charge in [-0.1, -0.05) is 76.5 Å². The Morgan fingerprint density at radius 3 is 1.84 bits per heavy atom. The first-order valence-corrected chi connectivity index (χ1v) is 12.9. The average molecular weight is 447 g/mol. The standard InChI is InChI=1S/C28H46O4/c1-3-4-5-6-7-8-9-10-11-15-20-26(30)22-17-14-18-23-27(31)21-16-12-13-19-24-28(32)25(2)29/h11,15,17,22H,3-10,12-14,16,18-21,23-24H2,1-2H3/b15-11+,22-17+. The molecular weight excluding hydrogens is 400 g/mol. The second-order valence-corrected chi connectivity index (χ2v) is 8.78. The summed E-state index contributed by atoms with van der Waals surface area (Å²) in [5.41, 5.74) is 0. The summed E-state index contributed by atoms with van der Waals surface area (Å²) in [4.78, 5) is 45.8. The minimum Gasteiger partial charge on any atom is -0.300 e. The Morgan fingerprint density at radius 2 is 1.16 bits per heavy atom. The van der Waals surface area contributed by atoms with Crippen LogP contribution < -0.4 is 0 Å². The monoisotopic (exact) mass is 446 g/mol. The van der Waals surface area contributed by atoms with Crippen LogP contribution in [0.1, 0.15) is 129 Å². The Bertz CT molecular complexity index is 586. The van der Waals surface area contributed by atoms with E-state index < -0.39 is 0 Å². The SMILES string of the molecule is CCCCCCCCC/C=C/CC(=O)/C=C/CCCC(=O)CCCCCCC(=O)C(C)=O. The molecule has 0 rings (SSSR count). The number of rotatable bonds is 23. The molecule has 4 heteroatoms. The lowest BCUT2D eigenvalue weighted by Crippen LogP contribution is -2.08. The predicted molar refractivity (Wildman–Crippen MR) is 133 cm³/mol. The van der Waals surface area contributed by atoms with Crippen LogP contribution in [0.15, 0.2) is 24.3 Å². The van der Waals surface area contributed by atoms with E-state index in [1.807, 2.05) is 12.2 Å². The van der Waals surface area contributed by atoms with Crippen molar-refractivity contribution in [2.24, 2.45) is 0 Å². The lowest BCUT2D eigenvalue weighted by Gasteiger charge is -2.01. The molecule has 0 atom stereocenters. The minimum absolute atomic E-state index is 0.121. The van der Waals surface area contributed by atoms with Crippen molar-refractivity contribution in [1.82, 2.24) is 0 Å². The Kier molecular flexibility index (Phi) is 21.1. The van der Waals surface area contributed by atoms with Crippen molar-refractivity contribution in [2.45, 2.75) is 129 Å². The molecule has 0 radical (unpaired) electrons. The number of Topliss-reactive ketones (excluding diaryl/α,β-unsaturated/α-hetero) is 3. The minimum atomic E-state index is -0.369. The summed E-state index contributed by atoms with van der Waals surface area (Å²) in [6.07, 6.45) is 24.6. The number of ketones is 4. The molecular formula is C28H46O4. The first-order valence-electron chi connectivity index (χ1n) is 12.9. The normalized spacial score (nSPS) is 11.4. The number of carbonyl (C=O) groups is 4. The highest BCUT2D eigenvalue weighted by molar-refractivity contribution is 6.36. The van der Waals surface area contributed by atoms with E-state index in [1.165, 1.54) is 51.9 Å². The van der Waals surface area contributed by atoms with E-state index >= 15 is 0 Å². The summed E-state index contributed by atoms with van der Waals surface area (Å²) < 4.78 is 0. The average Bonchev–Trinajstić information content (AvgIpc) is 2.76. The van der Waals surface area contributed by atoms with Crippen molar-refractivity contribution in [2.75, 3.05) is 0 Å². The van der Waals surface area contributed by atoms with Crippen LogP contribution in [0.5, 0.6) is 0 Å². The number of unbranched alkanes of at least 4 members (excludes halogenated alkanes) is 11. The van der Waals surface area contributed by atoms with Crippen LogP contribution in [-0.4, -0.2) is 23.1 Å². The van der Waals surface area contributed by atoms with E-state index in [0.717, 1.165) is 44.9 Å². The maximum atomic E-state index is 11.9. The maximum Gasteiger partial charge on any atom is 0.198 e. The molecule has 0 aromatic carbocycles. The third-order valence-corrected chi connectivity index (χ3v) is 5.59. The van der Waals surface area contributed by atoms with Crippen LogP contribution in [-0.2, 0) is 19.2 Å². The number of hydrogen-bond acceptors (Lipinski definition) is 4. The summed E-state index contributed by atoms with van der Waals surface area (Å²) in [6.45, 7) is 3.54. The van der Waals surface area contributed by atoms with Crippen molar-refractivity contribution in [3.63, 3.8) is 0 Å². The van der Waals surface area contributed by atoms with Crippen molar-refractivity contribution in [3.05, 3.63) is 24.3 Å². The molecule has 0 N–H and O–H groups in total. The van der Waals surface area contributed by atoms with E-state index in [-0.39, 0.29) is 23.1 Å². The van der Waals surface area contributed by atoms with E-state index in [4.69, 9.17) is 0 Å². The first kappa shape index (κ1) is 30.2. The molecule has 0 unspecified atom stereocenters. The molecule has 182 valence electrons. The van der Waals surface area contributed by atoms with E-state index in [0.29, 0.717) is 25.7 Å². The molecule has 0 aromatic heterocycles. The van der Waals surface area contributed by atoms with Gasteiger partial charge in [0.1, 0.15) is 5.78 Å². The van der Waals surface area contributed by atoms with Crippen LogP contribution >= 0.6 is 0 Å². The Hall–Kier alpha value is -1.84. The summed E-state index contributed by atoms with van der Waals surface area (Å²) in [6, 6.07) is 0. The van der Waals surface area contributed by atoms with E-state index in [9.17, 15) is 19.2 Å². The summed E-state index contributed by atoms with van der Waals surface area (Å²) in [5, 5.41) is 0. The fraction of sp³-hybridized carbons (Fsp3) is 0.714. The lowest BCUT2D eigenvalue weighted by atomic mass is 10.0.